The minimum Gasteiger partial charge on any atom is -0.325 e. The number of aryl methyl sites for hydroxylation is 2. The normalized spacial score (nSPS) is 10.6. The first-order chi connectivity index (χ1) is 11.8. The van der Waals surface area contributed by atoms with Gasteiger partial charge >= 0.3 is 0 Å². The van der Waals surface area contributed by atoms with E-state index in [9.17, 15) is 9.59 Å². The van der Waals surface area contributed by atoms with Gasteiger partial charge in [-0.25, -0.2) is 0 Å². The van der Waals surface area contributed by atoms with Gasteiger partial charge in [-0.3, -0.25) is 9.59 Å². The van der Waals surface area contributed by atoms with Crippen LogP contribution in [0.2, 0.25) is 0 Å². The summed E-state index contributed by atoms with van der Waals surface area (Å²) in [6.07, 6.45) is 0. The molecule has 0 unspecified atom stereocenters. The molecule has 4 nitrogen and oxygen atoms in total. The Bertz CT molecular complexity index is 764. The van der Waals surface area contributed by atoms with Crippen LogP contribution in [-0.2, 0) is 9.59 Å². The van der Waals surface area contributed by atoms with Crippen LogP contribution in [0.1, 0.15) is 43.4 Å². The summed E-state index contributed by atoms with van der Waals surface area (Å²) in [7, 11) is 0. The molecule has 2 aromatic rings. The van der Waals surface area contributed by atoms with Crippen molar-refractivity contribution in [2.75, 3.05) is 16.8 Å². The minimum atomic E-state index is -0.216. The maximum atomic E-state index is 12.4. The van der Waals surface area contributed by atoms with Crippen LogP contribution in [0.4, 0.5) is 11.4 Å². The third-order valence-electron chi connectivity index (χ3n) is 4.34. The quantitative estimate of drug-likeness (QED) is 0.877. The van der Waals surface area contributed by atoms with Crippen LogP contribution < -0.4 is 10.2 Å². The van der Waals surface area contributed by atoms with Crippen LogP contribution in [0.5, 0.6) is 0 Å². The number of hydrogen-bond donors (Lipinski definition) is 1. The summed E-state index contributed by atoms with van der Waals surface area (Å²) in [5.74, 6) is 0.0480. The van der Waals surface area contributed by atoms with Gasteiger partial charge in [0.25, 0.3) is 0 Å². The minimum absolute atomic E-state index is 0.0106. The van der Waals surface area contributed by atoms with Crippen molar-refractivity contribution in [2.24, 2.45) is 0 Å². The van der Waals surface area contributed by atoms with Crippen molar-refractivity contribution >= 4 is 23.2 Å². The molecule has 2 rings (SSSR count). The highest BCUT2D eigenvalue weighted by Gasteiger charge is 2.16. The number of nitrogens with one attached hydrogen (secondary N) is 1. The van der Waals surface area contributed by atoms with Gasteiger partial charge in [0.15, 0.2) is 0 Å². The summed E-state index contributed by atoms with van der Waals surface area (Å²) < 4.78 is 0. The lowest BCUT2D eigenvalue weighted by Gasteiger charge is -2.21. The highest BCUT2D eigenvalue weighted by atomic mass is 16.2. The zero-order valence-electron chi connectivity index (χ0n) is 15.6. The predicted molar refractivity (Wildman–Crippen MR) is 103 cm³/mol. The van der Waals surface area contributed by atoms with Gasteiger partial charge in [-0.2, -0.15) is 0 Å². The Morgan fingerprint density at radius 2 is 1.64 bits per heavy atom. The third kappa shape index (κ3) is 4.92. The Morgan fingerprint density at radius 3 is 2.16 bits per heavy atom. The fraction of sp³-hybridized carbons (Fsp3) is 0.333. The van der Waals surface area contributed by atoms with Crippen molar-refractivity contribution in [3.05, 3.63) is 59.2 Å². The monoisotopic (exact) mass is 338 g/mol. The maximum Gasteiger partial charge on any atom is 0.244 e. The van der Waals surface area contributed by atoms with E-state index in [1.54, 1.807) is 0 Å². The van der Waals surface area contributed by atoms with Crippen LogP contribution in [0.3, 0.4) is 0 Å². The van der Waals surface area contributed by atoms with Crippen LogP contribution >= 0.6 is 0 Å². The summed E-state index contributed by atoms with van der Waals surface area (Å²) in [4.78, 5) is 25.8. The second-order valence-electron chi connectivity index (χ2n) is 6.70. The zero-order chi connectivity index (χ0) is 18.6. The van der Waals surface area contributed by atoms with E-state index in [2.05, 4.69) is 19.2 Å². The number of hydrogen-bond acceptors (Lipinski definition) is 2. The molecule has 0 fully saturated rings. The smallest absolute Gasteiger partial charge is 0.244 e. The first-order valence-corrected chi connectivity index (χ1v) is 8.53. The van der Waals surface area contributed by atoms with Crippen LogP contribution in [0.25, 0.3) is 0 Å². The van der Waals surface area contributed by atoms with Gasteiger partial charge < -0.3 is 10.2 Å². The van der Waals surface area contributed by atoms with E-state index in [-0.39, 0.29) is 18.4 Å². The van der Waals surface area contributed by atoms with E-state index >= 15 is 0 Å². The van der Waals surface area contributed by atoms with Gasteiger partial charge in [0.05, 0.1) is 0 Å². The molecule has 0 aliphatic rings. The van der Waals surface area contributed by atoms with Gasteiger partial charge in [0.2, 0.25) is 11.8 Å². The topological polar surface area (TPSA) is 49.4 Å². The van der Waals surface area contributed by atoms with Crippen molar-refractivity contribution in [2.45, 2.75) is 40.5 Å². The van der Waals surface area contributed by atoms with Gasteiger partial charge in [-0.15, -0.1) is 0 Å². The molecule has 132 valence electrons. The molecule has 0 heterocycles. The Morgan fingerprint density at radius 1 is 1.00 bits per heavy atom. The number of carbonyl (C=O) groups is 2. The molecule has 0 aromatic heterocycles. The lowest BCUT2D eigenvalue weighted by molar-refractivity contribution is -0.120. The van der Waals surface area contributed by atoms with Gasteiger partial charge in [-0.05, 0) is 60.7 Å². The summed E-state index contributed by atoms with van der Waals surface area (Å²) in [6, 6.07) is 13.5. The molecular weight excluding hydrogens is 312 g/mol. The van der Waals surface area contributed by atoms with Crippen LogP contribution in [-0.4, -0.2) is 18.4 Å². The Balaban J connectivity index is 2.11. The summed E-state index contributed by atoms with van der Waals surface area (Å²) >= 11 is 0. The fourth-order valence-electron chi connectivity index (χ4n) is 2.59. The SMILES string of the molecule is CC(=O)N(CC(=O)Nc1ccc(C)c(C)c1)c1ccc(C(C)C)cc1. The standard InChI is InChI=1S/C21H26N2O2/c1-14(2)18-7-10-20(11-8-18)23(17(5)24)13-21(25)22-19-9-6-15(3)16(4)12-19/h6-12,14H,13H2,1-5H3,(H,22,25). The highest BCUT2D eigenvalue weighted by Crippen LogP contribution is 2.20. The summed E-state index contributed by atoms with van der Waals surface area (Å²) in [6.45, 7) is 9.73. The number of amides is 2. The number of carbonyl (C=O) groups excluding carboxylic acids is 2. The lowest BCUT2D eigenvalue weighted by atomic mass is 10.0. The molecule has 1 N–H and O–H groups in total. The molecule has 0 aliphatic carbocycles. The summed E-state index contributed by atoms with van der Waals surface area (Å²) in [5, 5.41) is 2.86. The highest BCUT2D eigenvalue weighted by molar-refractivity contribution is 6.01. The maximum absolute atomic E-state index is 12.4. The van der Waals surface area contributed by atoms with Crippen LogP contribution in [0.15, 0.2) is 42.5 Å². The van der Waals surface area contributed by atoms with E-state index < -0.39 is 0 Å². The molecule has 2 aromatic carbocycles. The second-order valence-corrected chi connectivity index (χ2v) is 6.70. The zero-order valence-corrected chi connectivity index (χ0v) is 15.6. The molecule has 0 bridgehead atoms. The van der Waals surface area contributed by atoms with Crippen molar-refractivity contribution in [1.82, 2.24) is 0 Å². The Labute approximate surface area is 149 Å². The van der Waals surface area contributed by atoms with E-state index in [0.717, 1.165) is 16.9 Å². The van der Waals surface area contributed by atoms with Crippen molar-refractivity contribution < 1.29 is 9.59 Å². The van der Waals surface area contributed by atoms with E-state index in [1.807, 2.05) is 56.3 Å². The largest absolute Gasteiger partial charge is 0.325 e. The van der Waals surface area contributed by atoms with E-state index in [1.165, 1.54) is 23.0 Å². The third-order valence-corrected chi connectivity index (χ3v) is 4.34. The van der Waals surface area contributed by atoms with Gasteiger partial charge in [0, 0.05) is 18.3 Å². The first kappa shape index (κ1) is 18.7. The molecule has 25 heavy (non-hydrogen) atoms. The average molecular weight is 338 g/mol. The van der Waals surface area contributed by atoms with Gasteiger partial charge in [-0.1, -0.05) is 32.0 Å². The fourth-order valence-corrected chi connectivity index (χ4v) is 2.59. The first-order valence-electron chi connectivity index (χ1n) is 8.53. The Hall–Kier alpha value is -2.62. The summed E-state index contributed by atoms with van der Waals surface area (Å²) in [5.41, 5.74) is 4.96. The predicted octanol–water partition coefficient (Wildman–Crippen LogP) is 4.42. The number of rotatable bonds is 5. The van der Waals surface area contributed by atoms with Crippen molar-refractivity contribution in [1.29, 1.82) is 0 Å². The number of anilines is 2. The van der Waals surface area contributed by atoms with E-state index in [0.29, 0.717) is 5.92 Å². The van der Waals surface area contributed by atoms with Crippen molar-refractivity contribution in [3.8, 4) is 0 Å². The van der Waals surface area contributed by atoms with E-state index in [4.69, 9.17) is 0 Å². The molecule has 0 atom stereocenters. The average Bonchev–Trinajstić information content (AvgIpc) is 2.56. The molecular formula is C21H26N2O2. The number of benzene rings is 2. The Kier molecular flexibility index (Phi) is 5.97. The molecule has 0 saturated carbocycles. The lowest BCUT2D eigenvalue weighted by Crippen LogP contribution is -2.36. The molecule has 0 radical (unpaired) electrons. The molecule has 4 heteroatoms. The molecule has 2 amide bonds. The number of nitrogens with zero attached hydrogens (tertiary/aromatic N) is 1. The molecule has 0 aliphatic heterocycles. The molecule has 0 saturated heterocycles. The van der Waals surface area contributed by atoms with Crippen LogP contribution in [0, 0.1) is 13.8 Å². The molecule has 0 spiro atoms. The second kappa shape index (κ2) is 7.97. The van der Waals surface area contributed by atoms with Crippen molar-refractivity contribution in [3.63, 3.8) is 0 Å². The van der Waals surface area contributed by atoms with Gasteiger partial charge in [0.1, 0.15) is 6.54 Å².